The molecule has 0 aromatic heterocycles. The van der Waals surface area contributed by atoms with Crippen LogP contribution in [0.1, 0.15) is 41.5 Å². The molecular formula is C10H22B. The Bertz CT molecular complexity index is 87.0. The molecule has 0 atom stereocenters. The molecule has 0 rings (SSSR count). The van der Waals surface area contributed by atoms with E-state index < -0.39 is 0 Å². The van der Waals surface area contributed by atoms with Crippen molar-refractivity contribution in [3.8, 4) is 0 Å². The van der Waals surface area contributed by atoms with E-state index in [9.17, 15) is 0 Å². The largest absolute Gasteiger partial charge is 0.117 e. The van der Waals surface area contributed by atoms with E-state index in [0.717, 1.165) is 23.5 Å². The van der Waals surface area contributed by atoms with Crippen LogP contribution in [-0.4, -0.2) is 7.28 Å². The van der Waals surface area contributed by atoms with Gasteiger partial charge in [0.15, 0.2) is 0 Å². The summed E-state index contributed by atoms with van der Waals surface area (Å²) in [6.45, 7) is 13.8. The molecule has 0 fully saturated rings. The maximum Gasteiger partial charge on any atom is 0.117 e. The molecule has 0 heterocycles. The average molecular weight is 153 g/mol. The molecule has 0 aromatic carbocycles. The van der Waals surface area contributed by atoms with E-state index in [2.05, 4.69) is 48.8 Å². The van der Waals surface area contributed by atoms with Crippen molar-refractivity contribution in [2.45, 2.75) is 53.2 Å². The Hall–Kier alpha value is 0.0649. The monoisotopic (exact) mass is 153 g/mol. The van der Waals surface area contributed by atoms with Crippen LogP contribution in [0, 0.1) is 11.8 Å². The van der Waals surface area contributed by atoms with Crippen molar-refractivity contribution in [3.63, 3.8) is 0 Å². The molecule has 0 bridgehead atoms. The fourth-order valence-corrected chi connectivity index (χ4v) is 1.66. The van der Waals surface area contributed by atoms with Crippen molar-refractivity contribution < 1.29 is 0 Å². The Labute approximate surface area is 73.0 Å². The first-order chi connectivity index (χ1) is 4.95. The summed E-state index contributed by atoms with van der Waals surface area (Å²) in [4.78, 5) is 0. The summed E-state index contributed by atoms with van der Waals surface area (Å²) in [7, 11) is 2.48. The lowest BCUT2D eigenvalue weighted by atomic mass is 9.50. The summed E-state index contributed by atoms with van der Waals surface area (Å²) in [6, 6.07) is 0. The van der Waals surface area contributed by atoms with Gasteiger partial charge in [0.25, 0.3) is 0 Å². The molecule has 0 aliphatic heterocycles. The van der Waals surface area contributed by atoms with E-state index in [4.69, 9.17) is 0 Å². The van der Waals surface area contributed by atoms with Crippen LogP contribution >= 0.6 is 0 Å². The van der Waals surface area contributed by atoms with Crippen molar-refractivity contribution >= 4 is 7.28 Å². The van der Waals surface area contributed by atoms with Crippen LogP contribution < -0.4 is 0 Å². The van der Waals surface area contributed by atoms with Crippen molar-refractivity contribution in [1.29, 1.82) is 0 Å². The molecule has 65 valence electrons. The summed E-state index contributed by atoms with van der Waals surface area (Å²) >= 11 is 0. The van der Waals surface area contributed by atoms with Crippen LogP contribution in [0.2, 0.25) is 11.6 Å². The summed E-state index contributed by atoms with van der Waals surface area (Å²) in [5.74, 6) is 3.09. The van der Waals surface area contributed by atoms with Gasteiger partial charge in [0.05, 0.1) is 0 Å². The summed E-state index contributed by atoms with van der Waals surface area (Å²) in [6.07, 6.45) is 0. The first-order valence-corrected chi connectivity index (χ1v) is 4.80. The van der Waals surface area contributed by atoms with Gasteiger partial charge in [0.2, 0.25) is 0 Å². The molecule has 1 radical (unpaired) electrons. The van der Waals surface area contributed by atoms with Gasteiger partial charge in [-0.3, -0.25) is 0 Å². The molecule has 11 heavy (non-hydrogen) atoms. The van der Waals surface area contributed by atoms with Crippen molar-refractivity contribution in [1.82, 2.24) is 0 Å². The maximum atomic E-state index is 2.48. The topological polar surface area (TPSA) is 0 Å². The molecule has 0 N–H and O–H groups in total. The van der Waals surface area contributed by atoms with Gasteiger partial charge in [0, 0.05) is 0 Å². The molecule has 1 heteroatoms. The third-order valence-corrected chi connectivity index (χ3v) is 2.15. The predicted octanol–water partition coefficient (Wildman–Crippen LogP) is 3.62. The molecule has 0 saturated carbocycles. The number of hydrogen-bond donors (Lipinski definition) is 0. The van der Waals surface area contributed by atoms with Gasteiger partial charge in [-0.25, -0.2) is 0 Å². The highest BCUT2D eigenvalue weighted by Gasteiger charge is 2.19. The van der Waals surface area contributed by atoms with Crippen molar-refractivity contribution in [2.75, 3.05) is 0 Å². The third kappa shape index (κ3) is 4.50. The van der Waals surface area contributed by atoms with Crippen LogP contribution in [0.3, 0.4) is 0 Å². The van der Waals surface area contributed by atoms with Crippen LogP contribution in [-0.2, 0) is 0 Å². The Morgan fingerprint density at radius 1 is 0.727 bits per heavy atom. The summed E-state index contributed by atoms with van der Waals surface area (Å²) in [5, 5.41) is 0. The fourth-order valence-electron chi connectivity index (χ4n) is 1.66. The molecule has 0 saturated heterocycles. The van der Waals surface area contributed by atoms with E-state index in [1.807, 2.05) is 0 Å². The van der Waals surface area contributed by atoms with Gasteiger partial charge in [-0.1, -0.05) is 65.0 Å². The lowest BCUT2D eigenvalue weighted by Gasteiger charge is -2.25. The molecule has 0 spiro atoms. The lowest BCUT2D eigenvalue weighted by molar-refractivity contribution is 0.461. The van der Waals surface area contributed by atoms with E-state index >= 15 is 0 Å². The van der Waals surface area contributed by atoms with Gasteiger partial charge in [-0.2, -0.15) is 0 Å². The highest BCUT2D eigenvalue weighted by molar-refractivity contribution is 6.39. The van der Waals surface area contributed by atoms with Gasteiger partial charge in [-0.15, -0.1) is 0 Å². The van der Waals surface area contributed by atoms with Crippen molar-refractivity contribution in [3.05, 3.63) is 0 Å². The molecule has 0 aliphatic carbocycles. The normalized spacial score (nSPS) is 12.2. The van der Waals surface area contributed by atoms with Crippen molar-refractivity contribution in [2.24, 2.45) is 11.8 Å². The van der Waals surface area contributed by atoms with Crippen LogP contribution in [0.5, 0.6) is 0 Å². The third-order valence-electron chi connectivity index (χ3n) is 2.15. The lowest BCUT2D eigenvalue weighted by Crippen LogP contribution is -2.18. The molecule has 0 nitrogen and oxygen atoms in total. The quantitative estimate of drug-likeness (QED) is 0.541. The zero-order chi connectivity index (χ0) is 9.02. The Kier molecular flexibility index (Phi) is 4.87. The summed E-state index contributed by atoms with van der Waals surface area (Å²) < 4.78 is 0. The second kappa shape index (κ2) is 4.85. The molecular weight excluding hydrogens is 131 g/mol. The van der Waals surface area contributed by atoms with Crippen LogP contribution in [0.25, 0.3) is 0 Å². The minimum absolute atomic E-state index is 0.727. The molecule has 0 aliphatic rings. The minimum atomic E-state index is 0.727. The molecule has 0 unspecified atom stereocenters. The van der Waals surface area contributed by atoms with E-state index in [0.29, 0.717) is 0 Å². The van der Waals surface area contributed by atoms with E-state index in [1.54, 1.807) is 0 Å². The first kappa shape index (κ1) is 11.1. The average Bonchev–Trinajstić information content (AvgIpc) is 1.81. The SMILES string of the molecule is CC(C)[B]C(C(C)C)C(C)C. The zero-order valence-electron chi connectivity index (χ0n) is 8.89. The highest BCUT2D eigenvalue weighted by atomic mass is 14.1. The minimum Gasteiger partial charge on any atom is -0.0741 e. The van der Waals surface area contributed by atoms with Gasteiger partial charge >= 0.3 is 0 Å². The van der Waals surface area contributed by atoms with Crippen LogP contribution in [0.15, 0.2) is 0 Å². The van der Waals surface area contributed by atoms with Gasteiger partial charge in [0.1, 0.15) is 7.28 Å². The standard InChI is InChI=1S/C10H22B/c1-7(2)10(8(3)4)11-9(5)6/h7-10H,1-6H3. The van der Waals surface area contributed by atoms with E-state index in [-0.39, 0.29) is 0 Å². The number of rotatable bonds is 4. The number of hydrogen-bond acceptors (Lipinski definition) is 0. The van der Waals surface area contributed by atoms with Crippen LogP contribution in [0.4, 0.5) is 0 Å². The van der Waals surface area contributed by atoms with Gasteiger partial charge in [-0.05, 0) is 0 Å². The maximum absolute atomic E-state index is 2.48. The van der Waals surface area contributed by atoms with E-state index in [1.165, 1.54) is 0 Å². The summed E-state index contributed by atoms with van der Waals surface area (Å²) in [5.41, 5.74) is 0. The Balaban J connectivity index is 3.90. The second-order valence-corrected chi connectivity index (χ2v) is 4.50. The second-order valence-electron chi connectivity index (χ2n) is 4.50. The Morgan fingerprint density at radius 2 is 1.09 bits per heavy atom. The smallest absolute Gasteiger partial charge is 0.0741 e. The molecule has 0 aromatic rings. The molecule has 0 amide bonds. The predicted molar refractivity (Wildman–Crippen MR) is 54.3 cm³/mol. The van der Waals surface area contributed by atoms with Gasteiger partial charge < -0.3 is 0 Å². The zero-order valence-corrected chi connectivity index (χ0v) is 8.89. The highest BCUT2D eigenvalue weighted by Crippen LogP contribution is 2.28. The fraction of sp³-hybridized carbons (Fsp3) is 1.00. The first-order valence-electron chi connectivity index (χ1n) is 4.80. The Morgan fingerprint density at radius 3 is 1.18 bits per heavy atom.